The summed E-state index contributed by atoms with van der Waals surface area (Å²) in [7, 11) is 0. The molecule has 0 radical (unpaired) electrons. The maximum Gasteiger partial charge on any atom is 0.0893 e. The van der Waals surface area contributed by atoms with Crippen molar-refractivity contribution in [2.75, 3.05) is 0 Å². The third-order valence-corrected chi connectivity index (χ3v) is 4.74. The Kier molecular flexibility index (Phi) is 7.64. The van der Waals surface area contributed by atoms with Crippen LogP contribution in [0.3, 0.4) is 0 Å². The van der Waals surface area contributed by atoms with Crippen molar-refractivity contribution in [3.63, 3.8) is 0 Å². The van der Waals surface area contributed by atoms with Crippen molar-refractivity contribution in [3.8, 4) is 0 Å². The normalized spacial score (nSPS) is 28.3. The predicted octanol–water partition coefficient (Wildman–Crippen LogP) is 3.34. The van der Waals surface area contributed by atoms with Gasteiger partial charge >= 0.3 is 0 Å². The first-order chi connectivity index (χ1) is 9.95. The zero-order chi connectivity index (χ0) is 15.9. The fourth-order valence-corrected chi connectivity index (χ4v) is 3.21. The number of aliphatic hydroxyl groups is 3. The number of aliphatic hydroxyl groups excluding tert-OH is 3. The average molecular weight is 296 g/mol. The van der Waals surface area contributed by atoms with Crippen LogP contribution in [0.15, 0.2) is 23.8 Å². The lowest BCUT2D eigenvalue weighted by molar-refractivity contribution is -0.0289. The van der Waals surface area contributed by atoms with Gasteiger partial charge in [0.2, 0.25) is 0 Å². The molecule has 0 bridgehead atoms. The van der Waals surface area contributed by atoms with Crippen LogP contribution >= 0.6 is 0 Å². The van der Waals surface area contributed by atoms with Crippen LogP contribution in [0.5, 0.6) is 0 Å². The predicted molar refractivity (Wildman–Crippen MR) is 87.0 cm³/mol. The molecule has 4 atom stereocenters. The van der Waals surface area contributed by atoms with Gasteiger partial charge < -0.3 is 15.3 Å². The molecule has 1 aliphatic carbocycles. The van der Waals surface area contributed by atoms with E-state index in [0.29, 0.717) is 5.57 Å². The number of hydrogen-bond donors (Lipinski definition) is 3. The van der Waals surface area contributed by atoms with E-state index in [1.165, 1.54) is 25.7 Å². The minimum atomic E-state index is -0.807. The summed E-state index contributed by atoms with van der Waals surface area (Å²) in [5, 5.41) is 30.6. The summed E-state index contributed by atoms with van der Waals surface area (Å²) in [6, 6.07) is 0. The van der Waals surface area contributed by atoms with E-state index in [0.717, 1.165) is 19.3 Å². The van der Waals surface area contributed by atoms with Gasteiger partial charge in [-0.05, 0) is 25.8 Å². The van der Waals surface area contributed by atoms with Crippen molar-refractivity contribution in [3.05, 3.63) is 23.8 Å². The zero-order valence-electron chi connectivity index (χ0n) is 13.8. The van der Waals surface area contributed by atoms with Crippen LogP contribution < -0.4 is 0 Å². The van der Waals surface area contributed by atoms with Crippen molar-refractivity contribution in [2.45, 2.75) is 84.0 Å². The Morgan fingerprint density at radius 2 is 1.71 bits per heavy atom. The quantitative estimate of drug-likeness (QED) is 0.572. The third-order valence-electron chi connectivity index (χ3n) is 4.74. The lowest BCUT2D eigenvalue weighted by Crippen LogP contribution is -2.46. The van der Waals surface area contributed by atoms with Crippen LogP contribution in [0.1, 0.15) is 65.7 Å². The van der Waals surface area contributed by atoms with Gasteiger partial charge in [0, 0.05) is 5.41 Å². The Hall–Kier alpha value is -0.640. The fraction of sp³-hybridized carbons (Fsp3) is 0.778. The number of unbranched alkanes of at least 4 members (excludes halogenated alkanes) is 5. The van der Waals surface area contributed by atoms with Crippen LogP contribution in [0.25, 0.3) is 0 Å². The summed E-state index contributed by atoms with van der Waals surface area (Å²) in [6.07, 6.45) is 11.3. The molecule has 3 N–H and O–H groups in total. The van der Waals surface area contributed by atoms with E-state index in [2.05, 4.69) is 6.92 Å². The summed E-state index contributed by atoms with van der Waals surface area (Å²) in [6.45, 7) is 5.59. The van der Waals surface area contributed by atoms with E-state index in [9.17, 15) is 15.3 Å². The molecule has 1 aliphatic rings. The van der Waals surface area contributed by atoms with Crippen LogP contribution in [-0.4, -0.2) is 33.6 Å². The van der Waals surface area contributed by atoms with Gasteiger partial charge in [-0.25, -0.2) is 0 Å². The number of allylic oxidation sites excluding steroid dienone is 2. The molecule has 21 heavy (non-hydrogen) atoms. The molecule has 0 saturated carbocycles. The molecular weight excluding hydrogens is 264 g/mol. The maximum atomic E-state index is 10.6. The topological polar surface area (TPSA) is 60.7 Å². The standard InChI is InChI=1S/C18H32O3/c1-4-5-6-7-8-9-12-18(15(3)20)13-10-11-16(14(2)19)17(18)21/h10-11,13-15,17,19-21H,4-9,12H2,1-3H3. The molecule has 0 aliphatic heterocycles. The van der Waals surface area contributed by atoms with Gasteiger partial charge in [0.25, 0.3) is 0 Å². The summed E-state index contributed by atoms with van der Waals surface area (Å²) in [5.74, 6) is 0. The van der Waals surface area contributed by atoms with Crippen LogP contribution in [0.2, 0.25) is 0 Å². The van der Waals surface area contributed by atoms with Gasteiger partial charge in [-0.15, -0.1) is 0 Å². The SMILES string of the molecule is CCCCCCCCC1(C(C)O)C=CC=C(C(C)O)C1O. The Morgan fingerprint density at radius 3 is 2.29 bits per heavy atom. The van der Waals surface area contributed by atoms with Crippen LogP contribution in [0, 0.1) is 5.41 Å². The van der Waals surface area contributed by atoms with Crippen molar-refractivity contribution in [2.24, 2.45) is 5.41 Å². The zero-order valence-corrected chi connectivity index (χ0v) is 13.8. The number of hydrogen-bond acceptors (Lipinski definition) is 3. The number of rotatable bonds is 9. The van der Waals surface area contributed by atoms with Gasteiger partial charge in [0.1, 0.15) is 0 Å². The van der Waals surface area contributed by atoms with Crippen molar-refractivity contribution >= 4 is 0 Å². The Morgan fingerprint density at radius 1 is 1.10 bits per heavy atom. The minimum absolute atomic E-state index is 0.601. The van der Waals surface area contributed by atoms with E-state index < -0.39 is 23.7 Å². The second-order valence-corrected chi connectivity index (χ2v) is 6.41. The highest BCUT2D eigenvalue weighted by Gasteiger charge is 2.43. The Bertz CT molecular complexity index is 357. The van der Waals surface area contributed by atoms with E-state index in [-0.39, 0.29) is 0 Å². The van der Waals surface area contributed by atoms with Crippen molar-refractivity contribution in [1.82, 2.24) is 0 Å². The summed E-state index contributed by atoms with van der Waals surface area (Å²) in [4.78, 5) is 0. The van der Waals surface area contributed by atoms with E-state index in [1.807, 2.05) is 12.2 Å². The smallest absolute Gasteiger partial charge is 0.0893 e. The Labute approximate surface area is 129 Å². The first-order valence-electron chi connectivity index (χ1n) is 8.39. The first kappa shape index (κ1) is 18.4. The molecule has 122 valence electrons. The van der Waals surface area contributed by atoms with Crippen LogP contribution in [0.4, 0.5) is 0 Å². The molecule has 0 aromatic heterocycles. The van der Waals surface area contributed by atoms with Gasteiger partial charge in [0.15, 0.2) is 0 Å². The summed E-state index contributed by atoms with van der Waals surface area (Å²) < 4.78 is 0. The molecule has 0 heterocycles. The molecule has 0 aromatic rings. The van der Waals surface area contributed by atoms with Crippen LogP contribution in [-0.2, 0) is 0 Å². The molecule has 0 aromatic carbocycles. The van der Waals surface area contributed by atoms with E-state index >= 15 is 0 Å². The molecule has 0 amide bonds. The molecule has 0 spiro atoms. The first-order valence-corrected chi connectivity index (χ1v) is 8.39. The summed E-state index contributed by atoms with van der Waals surface area (Å²) in [5.41, 5.74) is -0.0596. The molecule has 4 unspecified atom stereocenters. The molecule has 3 heteroatoms. The highest BCUT2D eigenvalue weighted by Crippen LogP contribution is 2.41. The molecule has 0 fully saturated rings. The third kappa shape index (κ3) is 4.67. The van der Waals surface area contributed by atoms with Crippen molar-refractivity contribution in [1.29, 1.82) is 0 Å². The molecule has 0 saturated heterocycles. The highest BCUT2D eigenvalue weighted by molar-refractivity contribution is 5.31. The van der Waals surface area contributed by atoms with E-state index in [1.54, 1.807) is 19.9 Å². The summed E-state index contributed by atoms with van der Waals surface area (Å²) >= 11 is 0. The lowest BCUT2D eigenvalue weighted by atomic mass is 9.68. The second-order valence-electron chi connectivity index (χ2n) is 6.41. The fourth-order valence-electron chi connectivity index (χ4n) is 3.21. The minimum Gasteiger partial charge on any atom is -0.392 e. The maximum absolute atomic E-state index is 10.6. The average Bonchev–Trinajstić information content (AvgIpc) is 2.43. The van der Waals surface area contributed by atoms with E-state index in [4.69, 9.17) is 0 Å². The monoisotopic (exact) mass is 296 g/mol. The molecule has 1 rings (SSSR count). The largest absolute Gasteiger partial charge is 0.392 e. The van der Waals surface area contributed by atoms with Gasteiger partial charge in [-0.1, -0.05) is 63.7 Å². The second kappa shape index (κ2) is 8.72. The van der Waals surface area contributed by atoms with Gasteiger partial charge in [0.05, 0.1) is 18.3 Å². The van der Waals surface area contributed by atoms with Gasteiger partial charge in [-0.3, -0.25) is 0 Å². The van der Waals surface area contributed by atoms with Crippen molar-refractivity contribution < 1.29 is 15.3 Å². The molecular formula is C18H32O3. The highest BCUT2D eigenvalue weighted by atomic mass is 16.3. The Balaban J connectivity index is 2.64. The lowest BCUT2D eigenvalue weighted by Gasteiger charge is -2.42. The molecule has 3 nitrogen and oxygen atoms in total. The van der Waals surface area contributed by atoms with Gasteiger partial charge in [-0.2, -0.15) is 0 Å².